The van der Waals surface area contributed by atoms with E-state index < -0.39 is 20.5 Å². The number of carbonyl (C=O) groups is 2. The maximum Gasteiger partial charge on any atom is 0.239 e. The Kier molecular flexibility index (Phi) is 5.05. The van der Waals surface area contributed by atoms with Gasteiger partial charge in [0.25, 0.3) is 0 Å². The Morgan fingerprint density at radius 1 is 0.575 bits per heavy atom. The number of alkyl halides is 2. The third-order valence-electron chi connectivity index (χ3n) is 8.66. The zero-order valence-corrected chi connectivity index (χ0v) is 24.2. The fraction of sp³-hybridized carbons (Fsp3) is 0.118. The van der Waals surface area contributed by atoms with Crippen LogP contribution in [0.25, 0.3) is 10.8 Å². The molecule has 4 aliphatic rings. The molecular weight excluding hydrogens is 630 g/mol. The van der Waals surface area contributed by atoms with Gasteiger partial charge in [-0.05, 0) is 58.0 Å². The summed E-state index contributed by atoms with van der Waals surface area (Å²) in [7, 11) is 0. The number of hydrogen-bond donors (Lipinski definition) is 0. The van der Waals surface area contributed by atoms with Crippen molar-refractivity contribution in [2.45, 2.75) is 8.65 Å². The molecule has 194 valence electrons. The van der Waals surface area contributed by atoms with Crippen molar-refractivity contribution in [3.05, 3.63) is 138 Å². The van der Waals surface area contributed by atoms with Crippen molar-refractivity contribution in [3.8, 4) is 11.5 Å². The first kappa shape index (κ1) is 24.1. The zero-order chi connectivity index (χ0) is 27.2. The van der Waals surface area contributed by atoms with Crippen molar-refractivity contribution >= 4 is 60.1 Å². The minimum Gasteiger partial charge on any atom is -0.457 e. The van der Waals surface area contributed by atoms with E-state index in [0.29, 0.717) is 11.4 Å². The minimum atomic E-state index is -0.806. The Labute approximate surface area is 247 Å². The number of imide groups is 1. The molecule has 0 radical (unpaired) electrons. The second-order valence-electron chi connectivity index (χ2n) is 10.6. The number of fused-ring (bicyclic) bond motifs is 1. The molecule has 6 heteroatoms. The molecule has 3 aliphatic carbocycles. The van der Waals surface area contributed by atoms with Crippen LogP contribution in [0.2, 0.25) is 0 Å². The van der Waals surface area contributed by atoms with Crippen LogP contribution in [-0.4, -0.2) is 11.8 Å². The van der Waals surface area contributed by atoms with Crippen LogP contribution in [0.4, 0.5) is 5.69 Å². The molecule has 0 aromatic heterocycles. The fourth-order valence-corrected chi connectivity index (χ4v) is 9.30. The molecule has 1 heterocycles. The lowest BCUT2D eigenvalue weighted by atomic mass is 9.54. The van der Waals surface area contributed by atoms with Crippen molar-refractivity contribution in [3.63, 3.8) is 0 Å². The fourth-order valence-electron chi connectivity index (χ4n) is 7.00. The van der Waals surface area contributed by atoms with Crippen LogP contribution in [0.15, 0.2) is 115 Å². The molecule has 2 atom stereocenters. The van der Waals surface area contributed by atoms with E-state index >= 15 is 0 Å². The van der Waals surface area contributed by atoms with Gasteiger partial charge in [0, 0.05) is 5.39 Å². The number of rotatable bonds is 3. The number of carbonyl (C=O) groups excluding carboxylic acids is 2. The summed E-state index contributed by atoms with van der Waals surface area (Å²) in [4.78, 5) is 29.9. The molecule has 2 amide bonds. The van der Waals surface area contributed by atoms with Crippen LogP contribution in [0.5, 0.6) is 11.5 Å². The molecule has 0 N–H and O–H groups in total. The molecule has 9 rings (SSSR count). The Balaban J connectivity index is 1.20. The van der Waals surface area contributed by atoms with E-state index in [2.05, 4.69) is 56.1 Å². The van der Waals surface area contributed by atoms with Crippen molar-refractivity contribution in [1.82, 2.24) is 0 Å². The summed E-state index contributed by atoms with van der Waals surface area (Å²) in [5.41, 5.74) is 4.62. The molecule has 5 aromatic rings. The topological polar surface area (TPSA) is 46.6 Å². The molecule has 0 spiro atoms. The SMILES string of the molecule is O=C1[C@@H]2[C@H](C(=O)N1c1ccc(Oc3cccc4ccccc34)cc1)C1(Br)c3ccccc3C2(Br)c2ccccc21. The smallest absolute Gasteiger partial charge is 0.239 e. The monoisotopic (exact) mass is 649 g/mol. The Bertz CT molecular complexity index is 1760. The molecule has 2 bridgehead atoms. The van der Waals surface area contributed by atoms with Crippen LogP contribution in [0.3, 0.4) is 0 Å². The van der Waals surface area contributed by atoms with Gasteiger partial charge in [-0.2, -0.15) is 0 Å². The third kappa shape index (κ3) is 2.95. The van der Waals surface area contributed by atoms with Crippen LogP contribution in [0, 0.1) is 11.8 Å². The predicted molar refractivity (Wildman–Crippen MR) is 162 cm³/mol. The normalized spacial score (nSPS) is 26.0. The van der Waals surface area contributed by atoms with Crippen LogP contribution < -0.4 is 9.64 Å². The van der Waals surface area contributed by atoms with Gasteiger partial charge in [-0.15, -0.1) is 0 Å². The van der Waals surface area contributed by atoms with Gasteiger partial charge >= 0.3 is 0 Å². The number of amides is 2. The second kappa shape index (κ2) is 8.38. The zero-order valence-electron chi connectivity index (χ0n) is 21.1. The van der Waals surface area contributed by atoms with E-state index in [1.54, 1.807) is 12.1 Å². The van der Waals surface area contributed by atoms with Crippen LogP contribution >= 0.6 is 31.9 Å². The molecular formula is C34H21Br2NO3. The van der Waals surface area contributed by atoms with E-state index in [1.165, 1.54) is 4.90 Å². The van der Waals surface area contributed by atoms with Gasteiger partial charge < -0.3 is 4.74 Å². The van der Waals surface area contributed by atoms with Crippen molar-refractivity contribution in [1.29, 1.82) is 0 Å². The molecule has 1 fully saturated rings. The third-order valence-corrected chi connectivity index (χ3v) is 11.4. The van der Waals surface area contributed by atoms with Crippen molar-refractivity contribution < 1.29 is 14.3 Å². The first-order chi connectivity index (χ1) is 19.4. The van der Waals surface area contributed by atoms with Gasteiger partial charge in [0.05, 0.1) is 26.2 Å². The Morgan fingerprint density at radius 3 is 1.60 bits per heavy atom. The molecule has 0 unspecified atom stereocenters. The van der Waals surface area contributed by atoms with Crippen molar-refractivity contribution in [2.24, 2.45) is 11.8 Å². The highest BCUT2D eigenvalue weighted by atomic mass is 79.9. The molecule has 1 saturated heterocycles. The number of ether oxygens (including phenoxy) is 1. The molecule has 5 aromatic carbocycles. The number of anilines is 1. The van der Waals surface area contributed by atoms with E-state index in [9.17, 15) is 9.59 Å². The van der Waals surface area contributed by atoms with Gasteiger partial charge in [-0.1, -0.05) is 117 Å². The molecule has 40 heavy (non-hydrogen) atoms. The summed E-state index contributed by atoms with van der Waals surface area (Å²) in [5, 5.41) is 2.11. The number of hydrogen-bond acceptors (Lipinski definition) is 3. The van der Waals surface area contributed by atoms with Gasteiger partial charge in [0.2, 0.25) is 11.8 Å². The summed E-state index contributed by atoms with van der Waals surface area (Å²) in [6, 6.07) is 37.4. The number of nitrogens with zero attached hydrogens (tertiary/aromatic N) is 1. The summed E-state index contributed by atoms with van der Waals surface area (Å²) in [6.07, 6.45) is 0. The quantitative estimate of drug-likeness (QED) is 0.147. The maximum atomic E-state index is 14.3. The van der Waals surface area contributed by atoms with Crippen molar-refractivity contribution in [2.75, 3.05) is 4.90 Å². The summed E-state index contributed by atoms with van der Waals surface area (Å²) in [6.45, 7) is 0. The predicted octanol–water partition coefficient (Wildman–Crippen LogP) is 8.04. The minimum absolute atomic E-state index is 0.206. The summed E-state index contributed by atoms with van der Waals surface area (Å²) >= 11 is 8.11. The van der Waals surface area contributed by atoms with E-state index in [0.717, 1.165) is 38.8 Å². The van der Waals surface area contributed by atoms with Crippen LogP contribution in [-0.2, 0) is 18.2 Å². The average molecular weight is 651 g/mol. The lowest BCUT2D eigenvalue weighted by molar-refractivity contribution is -0.122. The highest BCUT2D eigenvalue weighted by Crippen LogP contribution is 2.70. The summed E-state index contributed by atoms with van der Waals surface area (Å²) < 4.78 is 4.60. The molecule has 1 aliphatic heterocycles. The van der Waals surface area contributed by atoms with Gasteiger partial charge in [0.1, 0.15) is 11.5 Å². The highest BCUT2D eigenvalue weighted by Gasteiger charge is 2.72. The number of halogens is 2. The largest absolute Gasteiger partial charge is 0.457 e. The lowest BCUT2D eigenvalue weighted by Gasteiger charge is -2.55. The molecule has 4 nitrogen and oxygen atoms in total. The molecule has 0 saturated carbocycles. The lowest BCUT2D eigenvalue weighted by Crippen LogP contribution is -2.56. The first-order valence-corrected chi connectivity index (χ1v) is 14.7. The second-order valence-corrected chi connectivity index (χ2v) is 13.1. The summed E-state index contributed by atoms with van der Waals surface area (Å²) in [5.74, 6) is -0.235. The highest BCUT2D eigenvalue weighted by molar-refractivity contribution is 9.10. The standard InChI is InChI=1S/C34H21Br2NO3/c35-33-24-11-3-4-12-25(24)34(36,27-14-6-5-13-26(27)33)30-29(33)31(38)37(32(30)39)21-16-18-22(19-17-21)40-28-15-7-9-20-8-1-2-10-23(20)28/h1-19,29-30H/t29-,30+,33?,34?. The maximum absolute atomic E-state index is 14.3. The van der Waals surface area contributed by atoms with Gasteiger partial charge in [-0.3, -0.25) is 9.59 Å². The van der Waals surface area contributed by atoms with E-state index in [4.69, 9.17) is 4.74 Å². The van der Waals surface area contributed by atoms with E-state index in [1.807, 2.05) is 78.9 Å². The Hall–Kier alpha value is -3.74. The van der Waals surface area contributed by atoms with E-state index in [-0.39, 0.29) is 11.8 Å². The Morgan fingerprint density at radius 2 is 1.05 bits per heavy atom. The number of benzene rings is 5. The first-order valence-electron chi connectivity index (χ1n) is 13.2. The van der Waals surface area contributed by atoms with Gasteiger partial charge in [-0.25, -0.2) is 4.90 Å². The average Bonchev–Trinajstić information content (AvgIpc) is 3.27. The van der Waals surface area contributed by atoms with Crippen LogP contribution in [0.1, 0.15) is 22.3 Å². The van der Waals surface area contributed by atoms with Gasteiger partial charge in [0.15, 0.2) is 0 Å².